The van der Waals surface area contributed by atoms with Gasteiger partial charge in [0.15, 0.2) is 0 Å². The van der Waals surface area contributed by atoms with E-state index in [2.05, 4.69) is 36.5 Å². The molecule has 3 unspecified atom stereocenters. The van der Waals surface area contributed by atoms with Crippen molar-refractivity contribution in [2.75, 3.05) is 13.2 Å². The maximum Gasteiger partial charge on any atom is 0.0576 e. The second kappa shape index (κ2) is 6.73. The highest BCUT2D eigenvalue weighted by Gasteiger charge is 2.28. The summed E-state index contributed by atoms with van der Waals surface area (Å²) in [4.78, 5) is 0. The fourth-order valence-electron chi connectivity index (χ4n) is 3.77. The molecule has 1 fully saturated rings. The summed E-state index contributed by atoms with van der Waals surface area (Å²) in [6, 6.07) is 9.59. The number of ether oxygens (including phenoxy) is 1. The maximum atomic E-state index is 5.76. The molecule has 3 rings (SSSR count). The van der Waals surface area contributed by atoms with Gasteiger partial charge in [0.25, 0.3) is 0 Å². The van der Waals surface area contributed by atoms with Crippen molar-refractivity contribution in [2.24, 2.45) is 0 Å². The van der Waals surface area contributed by atoms with Gasteiger partial charge in [0.1, 0.15) is 0 Å². The van der Waals surface area contributed by atoms with Crippen LogP contribution in [0.3, 0.4) is 0 Å². The van der Waals surface area contributed by atoms with Gasteiger partial charge in [-0.1, -0.05) is 31.2 Å². The third-order valence-electron chi connectivity index (χ3n) is 4.88. The first-order valence-electron chi connectivity index (χ1n) is 8.29. The monoisotopic (exact) mass is 273 g/mol. The molecule has 110 valence electrons. The molecule has 1 aromatic carbocycles. The van der Waals surface area contributed by atoms with Crippen LogP contribution in [0.5, 0.6) is 0 Å². The average Bonchev–Trinajstić information content (AvgIpc) is 2.95. The second-order valence-electron chi connectivity index (χ2n) is 6.30. The Kier molecular flexibility index (Phi) is 4.74. The zero-order chi connectivity index (χ0) is 13.8. The van der Waals surface area contributed by atoms with Gasteiger partial charge in [-0.15, -0.1) is 0 Å². The lowest BCUT2D eigenvalue weighted by Gasteiger charge is -2.33. The van der Waals surface area contributed by atoms with Gasteiger partial charge in [-0.3, -0.25) is 0 Å². The van der Waals surface area contributed by atoms with Crippen molar-refractivity contribution in [3.8, 4) is 0 Å². The highest BCUT2D eigenvalue weighted by atomic mass is 16.5. The molecule has 0 radical (unpaired) electrons. The van der Waals surface area contributed by atoms with Gasteiger partial charge in [0.2, 0.25) is 0 Å². The molecule has 1 saturated heterocycles. The predicted molar refractivity (Wildman–Crippen MR) is 83.2 cm³/mol. The summed E-state index contributed by atoms with van der Waals surface area (Å²) < 4.78 is 5.76. The molecule has 2 nitrogen and oxygen atoms in total. The molecule has 20 heavy (non-hydrogen) atoms. The summed E-state index contributed by atoms with van der Waals surface area (Å²) in [5.74, 6) is 0.778. The Morgan fingerprint density at radius 2 is 2.25 bits per heavy atom. The molecule has 2 heteroatoms. The van der Waals surface area contributed by atoms with Gasteiger partial charge in [-0.25, -0.2) is 0 Å². The van der Waals surface area contributed by atoms with E-state index in [1.165, 1.54) is 38.5 Å². The summed E-state index contributed by atoms with van der Waals surface area (Å²) in [7, 11) is 0. The van der Waals surface area contributed by atoms with Gasteiger partial charge in [0.05, 0.1) is 6.10 Å². The molecular weight excluding hydrogens is 246 g/mol. The Morgan fingerprint density at radius 3 is 3.00 bits per heavy atom. The maximum absolute atomic E-state index is 5.76. The summed E-state index contributed by atoms with van der Waals surface area (Å²) in [5.41, 5.74) is 3.15. The van der Waals surface area contributed by atoms with Crippen molar-refractivity contribution >= 4 is 0 Å². The standard InChI is InChI=1S/C18H27NO/c1-2-19-16(9-10-17-7-5-11-20-17)13-15-12-14-6-3-4-8-18(14)15/h3-4,6,8,15-17,19H,2,5,7,9-13H2,1H3. The number of hydrogen-bond donors (Lipinski definition) is 1. The number of benzene rings is 1. The van der Waals surface area contributed by atoms with E-state index in [9.17, 15) is 0 Å². The SMILES string of the molecule is CCNC(CCC1CCCO1)CC1Cc2ccccc21. The largest absolute Gasteiger partial charge is 0.378 e. The molecule has 1 heterocycles. The zero-order valence-corrected chi connectivity index (χ0v) is 12.6. The minimum absolute atomic E-state index is 0.532. The molecule has 0 aromatic heterocycles. The number of hydrogen-bond acceptors (Lipinski definition) is 2. The Hall–Kier alpha value is -0.860. The van der Waals surface area contributed by atoms with Gasteiger partial charge < -0.3 is 10.1 Å². The van der Waals surface area contributed by atoms with E-state index >= 15 is 0 Å². The Labute approximate surface area is 122 Å². The summed E-state index contributed by atoms with van der Waals surface area (Å²) in [6.07, 6.45) is 8.11. The van der Waals surface area contributed by atoms with Crippen molar-refractivity contribution in [3.63, 3.8) is 0 Å². The van der Waals surface area contributed by atoms with Crippen LogP contribution in [-0.4, -0.2) is 25.3 Å². The third-order valence-corrected chi connectivity index (χ3v) is 4.88. The van der Waals surface area contributed by atoms with Crippen molar-refractivity contribution in [1.82, 2.24) is 5.32 Å². The van der Waals surface area contributed by atoms with Crippen LogP contribution in [0.15, 0.2) is 24.3 Å². The second-order valence-corrected chi connectivity index (χ2v) is 6.30. The fourth-order valence-corrected chi connectivity index (χ4v) is 3.77. The molecule has 0 bridgehead atoms. The Bertz CT molecular complexity index is 425. The highest BCUT2D eigenvalue weighted by molar-refractivity contribution is 5.39. The number of fused-ring (bicyclic) bond motifs is 1. The Morgan fingerprint density at radius 1 is 1.35 bits per heavy atom. The highest BCUT2D eigenvalue weighted by Crippen LogP contribution is 2.38. The van der Waals surface area contributed by atoms with E-state index in [1.807, 2.05) is 0 Å². The summed E-state index contributed by atoms with van der Waals surface area (Å²) in [6.45, 7) is 4.27. The van der Waals surface area contributed by atoms with Gasteiger partial charge >= 0.3 is 0 Å². The lowest BCUT2D eigenvalue weighted by atomic mass is 9.74. The summed E-state index contributed by atoms with van der Waals surface area (Å²) in [5, 5.41) is 3.68. The molecule has 1 aliphatic heterocycles. The molecular formula is C18H27NO. The molecule has 1 N–H and O–H groups in total. The number of nitrogens with one attached hydrogen (secondary N) is 1. The molecule has 0 saturated carbocycles. The van der Waals surface area contributed by atoms with Crippen molar-refractivity contribution in [2.45, 2.75) is 63.5 Å². The minimum Gasteiger partial charge on any atom is -0.378 e. The quantitative estimate of drug-likeness (QED) is 0.818. The van der Waals surface area contributed by atoms with E-state index in [-0.39, 0.29) is 0 Å². The van der Waals surface area contributed by atoms with E-state index in [0.29, 0.717) is 12.1 Å². The zero-order valence-electron chi connectivity index (χ0n) is 12.6. The lowest BCUT2D eigenvalue weighted by molar-refractivity contribution is 0.0989. The van der Waals surface area contributed by atoms with E-state index in [1.54, 1.807) is 11.1 Å². The first-order chi connectivity index (χ1) is 9.86. The van der Waals surface area contributed by atoms with Gasteiger partial charge in [0, 0.05) is 12.6 Å². The first kappa shape index (κ1) is 14.1. The topological polar surface area (TPSA) is 21.3 Å². The van der Waals surface area contributed by atoms with Crippen molar-refractivity contribution in [3.05, 3.63) is 35.4 Å². The lowest BCUT2D eigenvalue weighted by Crippen LogP contribution is -2.34. The van der Waals surface area contributed by atoms with E-state index in [4.69, 9.17) is 4.74 Å². The van der Waals surface area contributed by atoms with E-state index in [0.717, 1.165) is 19.1 Å². The average molecular weight is 273 g/mol. The Balaban J connectivity index is 1.50. The summed E-state index contributed by atoms with van der Waals surface area (Å²) >= 11 is 0. The van der Waals surface area contributed by atoms with Crippen LogP contribution in [-0.2, 0) is 11.2 Å². The smallest absolute Gasteiger partial charge is 0.0576 e. The van der Waals surface area contributed by atoms with Crippen LogP contribution >= 0.6 is 0 Å². The molecule has 1 aliphatic carbocycles. The van der Waals surface area contributed by atoms with Crippen LogP contribution in [0.1, 0.15) is 56.1 Å². The van der Waals surface area contributed by atoms with Gasteiger partial charge in [-0.2, -0.15) is 0 Å². The third kappa shape index (κ3) is 3.24. The van der Waals surface area contributed by atoms with Crippen LogP contribution in [0.25, 0.3) is 0 Å². The van der Waals surface area contributed by atoms with Crippen LogP contribution in [0.2, 0.25) is 0 Å². The van der Waals surface area contributed by atoms with Crippen molar-refractivity contribution in [1.29, 1.82) is 0 Å². The van der Waals surface area contributed by atoms with Crippen molar-refractivity contribution < 1.29 is 4.74 Å². The predicted octanol–water partition coefficient (Wildman–Crippen LogP) is 3.65. The molecule has 2 aliphatic rings. The fraction of sp³-hybridized carbons (Fsp3) is 0.667. The van der Waals surface area contributed by atoms with Crippen LogP contribution in [0, 0.1) is 0 Å². The normalized spacial score (nSPS) is 26.1. The van der Waals surface area contributed by atoms with Crippen LogP contribution in [0.4, 0.5) is 0 Å². The minimum atomic E-state index is 0.532. The van der Waals surface area contributed by atoms with Crippen LogP contribution < -0.4 is 5.32 Å². The molecule has 3 atom stereocenters. The molecule has 0 spiro atoms. The number of rotatable bonds is 7. The van der Waals surface area contributed by atoms with E-state index < -0.39 is 0 Å². The molecule has 0 amide bonds. The first-order valence-corrected chi connectivity index (χ1v) is 8.29. The molecule has 1 aromatic rings. The van der Waals surface area contributed by atoms with Gasteiger partial charge in [-0.05, 0) is 62.1 Å².